The van der Waals surface area contributed by atoms with E-state index in [0.717, 1.165) is 6.54 Å². The summed E-state index contributed by atoms with van der Waals surface area (Å²) in [7, 11) is -0.691. The summed E-state index contributed by atoms with van der Waals surface area (Å²) in [5.41, 5.74) is 0.446. The van der Waals surface area contributed by atoms with Gasteiger partial charge < -0.3 is 15.1 Å². The Kier molecular flexibility index (Phi) is 5.61. The van der Waals surface area contributed by atoms with Crippen molar-refractivity contribution in [3.8, 4) is 0 Å². The predicted octanol–water partition coefficient (Wildman–Crippen LogP) is -0.0176. The fourth-order valence-electron chi connectivity index (χ4n) is 2.48. The van der Waals surface area contributed by atoms with Crippen LogP contribution in [0.2, 0.25) is 0 Å². The summed E-state index contributed by atoms with van der Waals surface area (Å²) < 4.78 is 24.4. The maximum Gasteiger partial charge on any atom is 0.253 e. The third-order valence-corrected chi connectivity index (χ3v) is 5.55. The monoisotopic (exact) mass is 353 g/mol. The van der Waals surface area contributed by atoms with E-state index in [0.29, 0.717) is 18.7 Å². The summed E-state index contributed by atoms with van der Waals surface area (Å²) in [6.07, 6.45) is 0. The van der Waals surface area contributed by atoms with E-state index in [2.05, 4.69) is 5.32 Å². The Morgan fingerprint density at radius 1 is 1.25 bits per heavy atom. The highest BCUT2D eigenvalue weighted by atomic mass is 32.2. The number of benzene rings is 1. The molecular weight excluding hydrogens is 330 g/mol. The van der Waals surface area contributed by atoms with Crippen LogP contribution in [0, 0.1) is 0 Å². The molecule has 1 aliphatic heterocycles. The van der Waals surface area contributed by atoms with Crippen molar-refractivity contribution in [2.24, 2.45) is 0 Å². The zero-order valence-electron chi connectivity index (χ0n) is 14.2. The van der Waals surface area contributed by atoms with Gasteiger partial charge in [0.2, 0.25) is 5.91 Å². The van der Waals surface area contributed by atoms with Crippen LogP contribution in [0.1, 0.15) is 17.3 Å². The molecule has 1 fully saturated rings. The van der Waals surface area contributed by atoms with Gasteiger partial charge in [-0.3, -0.25) is 9.59 Å². The second-order valence-corrected chi connectivity index (χ2v) is 8.17. The Morgan fingerprint density at radius 3 is 2.42 bits per heavy atom. The zero-order chi connectivity index (χ0) is 17.9. The number of nitrogens with zero attached hydrogens (tertiary/aromatic N) is 2. The molecule has 0 bridgehead atoms. The second-order valence-electron chi connectivity index (χ2n) is 6.18. The number of carbonyl (C=O) groups excluding carboxylic acids is 2. The van der Waals surface area contributed by atoms with Crippen LogP contribution in [-0.4, -0.2) is 75.6 Å². The maximum absolute atomic E-state index is 12.5. The van der Waals surface area contributed by atoms with Crippen LogP contribution in [0.3, 0.4) is 0 Å². The molecule has 1 atom stereocenters. The molecule has 7 nitrogen and oxygen atoms in total. The SMILES string of the molecule is CC1CN(C(=O)c2ccc(S(=O)(=O)CC(=O)N(C)C)cc2)CCN1. The van der Waals surface area contributed by atoms with Crippen LogP contribution >= 0.6 is 0 Å². The minimum atomic E-state index is -3.71. The van der Waals surface area contributed by atoms with Gasteiger partial charge >= 0.3 is 0 Å². The summed E-state index contributed by atoms with van der Waals surface area (Å²) in [5, 5.41) is 3.27. The molecule has 1 N–H and O–H groups in total. The fourth-order valence-corrected chi connectivity index (χ4v) is 3.78. The number of amides is 2. The molecule has 2 amide bonds. The standard InChI is InChI=1S/C16H23N3O4S/c1-12-10-19(9-8-17-12)16(21)13-4-6-14(7-5-13)24(22,23)11-15(20)18(2)3/h4-7,12,17H,8-11H2,1-3H3. The van der Waals surface area contributed by atoms with E-state index in [-0.39, 0.29) is 16.8 Å². The number of hydrogen-bond donors (Lipinski definition) is 1. The highest BCUT2D eigenvalue weighted by Crippen LogP contribution is 2.15. The first-order valence-electron chi connectivity index (χ1n) is 7.76. The van der Waals surface area contributed by atoms with Gasteiger partial charge in [-0.1, -0.05) is 0 Å². The quantitative estimate of drug-likeness (QED) is 0.822. The third-order valence-electron chi connectivity index (χ3n) is 3.93. The highest BCUT2D eigenvalue weighted by molar-refractivity contribution is 7.92. The van der Waals surface area contributed by atoms with Crippen LogP contribution in [0.5, 0.6) is 0 Å². The normalized spacial score (nSPS) is 18.3. The first kappa shape index (κ1) is 18.4. The lowest BCUT2D eigenvalue weighted by Crippen LogP contribution is -2.51. The van der Waals surface area contributed by atoms with Crippen LogP contribution in [0.25, 0.3) is 0 Å². The molecule has 2 rings (SSSR count). The minimum Gasteiger partial charge on any atom is -0.348 e. The summed E-state index contributed by atoms with van der Waals surface area (Å²) >= 11 is 0. The van der Waals surface area contributed by atoms with Crippen molar-refractivity contribution in [3.63, 3.8) is 0 Å². The Morgan fingerprint density at radius 2 is 1.88 bits per heavy atom. The van der Waals surface area contributed by atoms with Gasteiger partial charge in [-0.25, -0.2) is 8.42 Å². The molecule has 24 heavy (non-hydrogen) atoms. The molecule has 1 heterocycles. The predicted molar refractivity (Wildman–Crippen MR) is 90.6 cm³/mol. The van der Waals surface area contributed by atoms with Crippen molar-refractivity contribution in [2.75, 3.05) is 39.5 Å². The Labute approximate surface area is 142 Å². The summed E-state index contributed by atoms with van der Waals surface area (Å²) in [5.74, 6) is -1.18. The van der Waals surface area contributed by atoms with E-state index in [1.165, 1.54) is 43.3 Å². The van der Waals surface area contributed by atoms with Crippen molar-refractivity contribution >= 4 is 21.7 Å². The van der Waals surface area contributed by atoms with Gasteiger partial charge in [-0.2, -0.15) is 0 Å². The second kappa shape index (κ2) is 7.31. The average Bonchev–Trinajstić information content (AvgIpc) is 2.53. The lowest BCUT2D eigenvalue weighted by Gasteiger charge is -2.32. The van der Waals surface area contributed by atoms with Crippen molar-refractivity contribution in [3.05, 3.63) is 29.8 Å². The van der Waals surface area contributed by atoms with Gasteiger partial charge in [-0.05, 0) is 31.2 Å². The van der Waals surface area contributed by atoms with E-state index in [4.69, 9.17) is 0 Å². The number of carbonyl (C=O) groups is 2. The molecule has 0 aliphatic carbocycles. The van der Waals surface area contributed by atoms with E-state index >= 15 is 0 Å². The first-order chi connectivity index (χ1) is 11.2. The number of sulfone groups is 1. The third kappa shape index (κ3) is 4.33. The number of nitrogens with one attached hydrogen (secondary N) is 1. The molecule has 132 valence electrons. The van der Waals surface area contributed by atoms with Gasteiger partial charge in [-0.15, -0.1) is 0 Å². The van der Waals surface area contributed by atoms with Gasteiger partial charge in [0.1, 0.15) is 5.75 Å². The molecule has 1 saturated heterocycles. The lowest BCUT2D eigenvalue weighted by molar-refractivity contribution is -0.125. The average molecular weight is 353 g/mol. The smallest absolute Gasteiger partial charge is 0.253 e. The maximum atomic E-state index is 12.5. The van der Waals surface area contributed by atoms with Gasteiger partial charge in [0.15, 0.2) is 9.84 Å². The van der Waals surface area contributed by atoms with Gasteiger partial charge in [0.25, 0.3) is 5.91 Å². The van der Waals surface area contributed by atoms with Gasteiger partial charge in [0, 0.05) is 45.3 Å². The van der Waals surface area contributed by atoms with Crippen molar-refractivity contribution in [2.45, 2.75) is 17.9 Å². The summed E-state index contributed by atoms with van der Waals surface area (Å²) in [6, 6.07) is 6.01. The molecule has 1 aliphatic rings. The molecule has 1 aromatic rings. The molecule has 0 aromatic heterocycles. The van der Waals surface area contributed by atoms with Crippen LogP contribution < -0.4 is 5.32 Å². The molecular formula is C16H23N3O4S. The van der Waals surface area contributed by atoms with Crippen LogP contribution in [-0.2, 0) is 14.6 Å². The fraction of sp³-hybridized carbons (Fsp3) is 0.500. The van der Waals surface area contributed by atoms with E-state index in [1.807, 2.05) is 6.92 Å². The highest BCUT2D eigenvalue weighted by Gasteiger charge is 2.23. The summed E-state index contributed by atoms with van der Waals surface area (Å²) in [6.45, 7) is 4.00. The zero-order valence-corrected chi connectivity index (χ0v) is 15.0. The van der Waals surface area contributed by atoms with Gasteiger partial charge in [0.05, 0.1) is 4.90 Å². The molecule has 0 saturated carbocycles. The molecule has 1 aromatic carbocycles. The Hall–Kier alpha value is -1.93. The number of rotatable bonds is 4. The van der Waals surface area contributed by atoms with Crippen LogP contribution in [0.4, 0.5) is 0 Å². The molecule has 0 radical (unpaired) electrons. The van der Waals surface area contributed by atoms with Crippen LogP contribution in [0.15, 0.2) is 29.2 Å². The Balaban J connectivity index is 2.12. The first-order valence-corrected chi connectivity index (χ1v) is 9.41. The lowest BCUT2D eigenvalue weighted by atomic mass is 10.1. The van der Waals surface area contributed by atoms with Crippen molar-refractivity contribution in [1.29, 1.82) is 0 Å². The molecule has 1 unspecified atom stereocenters. The van der Waals surface area contributed by atoms with E-state index < -0.39 is 21.5 Å². The number of hydrogen-bond acceptors (Lipinski definition) is 5. The minimum absolute atomic E-state index is 0.0444. The van der Waals surface area contributed by atoms with Crippen molar-refractivity contribution < 1.29 is 18.0 Å². The summed E-state index contributed by atoms with van der Waals surface area (Å²) in [4.78, 5) is 27.1. The van der Waals surface area contributed by atoms with E-state index in [1.54, 1.807) is 4.90 Å². The topological polar surface area (TPSA) is 86.8 Å². The molecule has 8 heteroatoms. The number of piperazine rings is 1. The van der Waals surface area contributed by atoms with Crippen molar-refractivity contribution in [1.82, 2.24) is 15.1 Å². The Bertz CT molecular complexity index is 713. The molecule has 0 spiro atoms. The largest absolute Gasteiger partial charge is 0.348 e. The van der Waals surface area contributed by atoms with E-state index in [9.17, 15) is 18.0 Å².